The molecule has 0 aliphatic carbocycles. The summed E-state index contributed by atoms with van der Waals surface area (Å²) in [5, 5.41) is 11.6. The Balaban J connectivity index is 2.33. The number of para-hydroxylation sites is 1. The Bertz CT molecular complexity index is 338. The maximum Gasteiger partial charge on any atom is 0.252 e. The fraction of sp³-hybridized carbons (Fsp3) is 0.222. The Hall–Kier alpha value is -1.55. The minimum absolute atomic E-state index is 0.277. The van der Waals surface area contributed by atoms with Crippen LogP contribution in [0.4, 0.5) is 5.69 Å². The number of amides is 1. The third-order valence-corrected chi connectivity index (χ3v) is 2.26. The monoisotopic (exact) mass is 178 g/mol. The molecule has 13 heavy (non-hydrogen) atoms. The molecule has 1 aliphatic heterocycles. The molecule has 1 aromatic rings. The first-order chi connectivity index (χ1) is 6.33. The summed E-state index contributed by atoms with van der Waals surface area (Å²) in [6, 6.07) is 7.59. The minimum Gasteiger partial charge on any atom is -0.384 e. The van der Waals surface area contributed by atoms with Gasteiger partial charge in [-0.25, -0.2) is 5.48 Å². The first kappa shape index (κ1) is 8.07. The summed E-state index contributed by atoms with van der Waals surface area (Å²) in [4.78, 5) is 11.2. The molecule has 1 aromatic carbocycles. The van der Waals surface area contributed by atoms with Crippen molar-refractivity contribution < 1.29 is 10.0 Å². The summed E-state index contributed by atoms with van der Waals surface area (Å²) >= 11 is 0. The van der Waals surface area contributed by atoms with Gasteiger partial charge in [-0.2, -0.15) is 0 Å². The van der Waals surface area contributed by atoms with Crippen molar-refractivity contribution >= 4 is 11.6 Å². The molecular weight excluding hydrogens is 168 g/mol. The lowest BCUT2D eigenvalue weighted by Crippen LogP contribution is -2.27. The van der Waals surface area contributed by atoms with Crippen molar-refractivity contribution in [1.29, 1.82) is 0 Å². The Morgan fingerprint density at radius 1 is 1.54 bits per heavy atom. The Morgan fingerprint density at radius 2 is 2.31 bits per heavy atom. The molecule has 2 rings (SSSR count). The molecule has 1 unspecified atom stereocenters. The number of anilines is 1. The van der Waals surface area contributed by atoms with E-state index in [0.29, 0.717) is 6.54 Å². The van der Waals surface area contributed by atoms with Crippen LogP contribution in [0.3, 0.4) is 0 Å². The van der Waals surface area contributed by atoms with Crippen LogP contribution in [0.2, 0.25) is 0 Å². The minimum atomic E-state index is -0.363. The summed E-state index contributed by atoms with van der Waals surface area (Å²) in [6.45, 7) is 0.547. The number of benzene rings is 1. The van der Waals surface area contributed by atoms with E-state index in [2.05, 4.69) is 5.32 Å². The van der Waals surface area contributed by atoms with Crippen molar-refractivity contribution in [2.75, 3.05) is 11.9 Å². The average Bonchev–Trinajstić information content (AvgIpc) is 2.60. The van der Waals surface area contributed by atoms with Crippen LogP contribution >= 0.6 is 0 Å². The molecule has 68 valence electrons. The smallest absolute Gasteiger partial charge is 0.252 e. The molecule has 4 nitrogen and oxygen atoms in total. The zero-order valence-corrected chi connectivity index (χ0v) is 6.95. The van der Waals surface area contributed by atoms with Gasteiger partial charge in [-0.1, -0.05) is 18.2 Å². The van der Waals surface area contributed by atoms with Gasteiger partial charge in [-0.15, -0.1) is 0 Å². The second kappa shape index (κ2) is 3.06. The van der Waals surface area contributed by atoms with Crippen molar-refractivity contribution in [3.8, 4) is 0 Å². The fourth-order valence-electron chi connectivity index (χ4n) is 1.60. The summed E-state index contributed by atoms with van der Waals surface area (Å²) < 4.78 is 0. The summed E-state index contributed by atoms with van der Waals surface area (Å²) in [5.74, 6) is -0.640. The third-order valence-electron chi connectivity index (χ3n) is 2.26. The van der Waals surface area contributed by atoms with Crippen LogP contribution in [0.5, 0.6) is 0 Å². The van der Waals surface area contributed by atoms with Crippen LogP contribution in [-0.4, -0.2) is 17.7 Å². The lowest BCUT2D eigenvalue weighted by Gasteiger charge is -2.06. The molecule has 1 atom stereocenters. The molecule has 0 fully saturated rings. The van der Waals surface area contributed by atoms with Gasteiger partial charge >= 0.3 is 0 Å². The predicted molar refractivity (Wildman–Crippen MR) is 47.6 cm³/mol. The SMILES string of the molecule is O=C(NO)C1CNc2ccccc21. The Kier molecular flexibility index (Phi) is 1.90. The van der Waals surface area contributed by atoms with Crippen molar-refractivity contribution in [3.63, 3.8) is 0 Å². The number of nitrogens with one attached hydrogen (secondary N) is 2. The van der Waals surface area contributed by atoms with E-state index in [4.69, 9.17) is 5.21 Å². The standard InChI is InChI=1S/C9H10N2O2/c12-9(11-13)7-5-10-8-4-2-1-3-6(7)8/h1-4,7,10,13H,5H2,(H,11,12). The van der Waals surface area contributed by atoms with E-state index in [1.165, 1.54) is 0 Å². The molecule has 0 bridgehead atoms. The predicted octanol–water partition coefficient (Wildman–Crippen LogP) is 0.701. The topological polar surface area (TPSA) is 61.4 Å². The first-order valence-corrected chi connectivity index (χ1v) is 4.09. The molecule has 4 heteroatoms. The normalized spacial score (nSPS) is 19.0. The Labute approximate surface area is 75.5 Å². The molecule has 3 N–H and O–H groups in total. The van der Waals surface area contributed by atoms with Crippen LogP contribution in [0, 0.1) is 0 Å². The highest BCUT2D eigenvalue weighted by Crippen LogP contribution is 2.30. The lowest BCUT2D eigenvalue weighted by atomic mass is 10.0. The lowest BCUT2D eigenvalue weighted by molar-refractivity contribution is -0.130. The highest BCUT2D eigenvalue weighted by atomic mass is 16.5. The van der Waals surface area contributed by atoms with Crippen LogP contribution in [-0.2, 0) is 4.79 Å². The highest BCUT2D eigenvalue weighted by molar-refractivity contribution is 5.87. The fourth-order valence-corrected chi connectivity index (χ4v) is 1.60. The number of hydroxylamine groups is 1. The van der Waals surface area contributed by atoms with Gasteiger partial charge in [0, 0.05) is 12.2 Å². The second-order valence-electron chi connectivity index (χ2n) is 3.00. The molecule has 1 heterocycles. The van der Waals surface area contributed by atoms with Crippen LogP contribution in [0.1, 0.15) is 11.5 Å². The number of carbonyl (C=O) groups is 1. The van der Waals surface area contributed by atoms with E-state index in [1.807, 2.05) is 24.3 Å². The summed E-state index contributed by atoms with van der Waals surface area (Å²) in [5.41, 5.74) is 3.58. The van der Waals surface area contributed by atoms with Crippen molar-refractivity contribution in [3.05, 3.63) is 29.8 Å². The average molecular weight is 178 g/mol. The highest BCUT2D eigenvalue weighted by Gasteiger charge is 2.27. The molecule has 0 saturated heterocycles. The van der Waals surface area contributed by atoms with Gasteiger partial charge in [0.05, 0.1) is 5.92 Å². The molecule has 0 radical (unpaired) electrons. The quantitative estimate of drug-likeness (QED) is 0.438. The summed E-state index contributed by atoms with van der Waals surface area (Å²) in [6.07, 6.45) is 0. The number of hydrogen-bond acceptors (Lipinski definition) is 3. The second-order valence-corrected chi connectivity index (χ2v) is 3.00. The number of rotatable bonds is 1. The van der Waals surface area contributed by atoms with Gasteiger partial charge in [0.15, 0.2) is 0 Å². The van der Waals surface area contributed by atoms with Crippen molar-refractivity contribution in [2.45, 2.75) is 5.92 Å². The van der Waals surface area contributed by atoms with E-state index in [1.54, 1.807) is 5.48 Å². The molecule has 1 aliphatic rings. The van der Waals surface area contributed by atoms with E-state index in [9.17, 15) is 4.79 Å². The molecule has 0 aromatic heterocycles. The van der Waals surface area contributed by atoms with E-state index in [0.717, 1.165) is 11.3 Å². The maximum absolute atomic E-state index is 11.2. The van der Waals surface area contributed by atoms with Gasteiger partial charge in [0.2, 0.25) is 0 Å². The number of hydrogen-bond donors (Lipinski definition) is 3. The third kappa shape index (κ3) is 1.25. The van der Waals surface area contributed by atoms with Crippen LogP contribution in [0.15, 0.2) is 24.3 Å². The van der Waals surface area contributed by atoms with Gasteiger partial charge in [-0.05, 0) is 11.6 Å². The zero-order valence-electron chi connectivity index (χ0n) is 6.95. The Morgan fingerprint density at radius 3 is 3.08 bits per heavy atom. The van der Waals surface area contributed by atoms with Gasteiger partial charge in [0.25, 0.3) is 5.91 Å². The zero-order chi connectivity index (χ0) is 9.26. The number of fused-ring (bicyclic) bond motifs is 1. The van der Waals surface area contributed by atoms with Crippen LogP contribution in [0.25, 0.3) is 0 Å². The first-order valence-electron chi connectivity index (χ1n) is 4.09. The molecular formula is C9H10N2O2. The molecule has 1 amide bonds. The van der Waals surface area contributed by atoms with Gasteiger partial charge in [-0.3, -0.25) is 10.0 Å². The van der Waals surface area contributed by atoms with E-state index >= 15 is 0 Å². The van der Waals surface area contributed by atoms with Gasteiger partial charge < -0.3 is 5.32 Å². The van der Waals surface area contributed by atoms with Crippen LogP contribution < -0.4 is 10.8 Å². The maximum atomic E-state index is 11.2. The van der Waals surface area contributed by atoms with E-state index in [-0.39, 0.29) is 11.8 Å². The summed E-state index contributed by atoms with van der Waals surface area (Å²) in [7, 11) is 0. The van der Waals surface area contributed by atoms with Gasteiger partial charge in [0.1, 0.15) is 0 Å². The van der Waals surface area contributed by atoms with Crippen molar-refractivity contribution in [2.24, 2.45) is 0 Å². The molecule has 0 spiro atoms. The number of carbonyl (C=O) groups excluding carboxylic acids is 1. The largest absolute Gasteiger partial charge is 0.384 e. The van der Waals surface area contributed by atoms with Crippen molar-refractivity contribution in [1.82, 2.24) is 5.48 Å². The van der Waals surface area contributed by atoms with E-state index < -0.39 is 0 Å². The molecule has 0 saturated carbocycles.